The molecule has 0 aliphatic carbocycles. The predicted octanol–water partition coefficient (Wildman–Crippen LogP) is 4.78. The van der Waals surface area contributed by atoms with Gasteiger partial charge in [-0.2, -0.15) is 29.8 Å². The molecule has 2 aromatic rings. The number of hydrogen-bond acceptors (Lipinski definition) is 4. The summed E-state index contributed by atoms with van der Waals surface area (Å²) in [6.07, 6.45) is -4.76. The Morgan fingerprint density at radius 1 is 1.36 bits per heavy atom. The van der Waals surface area contributed by atoms with E-state index >= 15 is 0 Å². The van der Waals surface area contributed by atoms with Gasteiger partial charge in [0.2, 0.25) is 5.88 Å². The van der Waals surface area contributed by atoms with Crippen LogP contribution in [0.25, 0.3) is 0 Å². The molecule has 0 aliphatic heterocycles. The van der Waals surface area contributed by atoms with Crippen molar-refractivity contribution in [2.45, 2.75) is 18.7 Å². The van der Waals surface area contributed by atoms with E-state index in [1.54, 1.807) is 12.1 Å². The van der Waals surface area contributed by atoms with Crippen molar-refractivity contribution in [1.82, 2.24) is 4.98 Å². The zero-order chi connectivity index (χ0) is 16.2. The molecule has 0 unspecified atom stereocenters. The summed E-state index contributed by atoms with van der Waals surface area (Å²) in [6, 6.07) is 5.38. The van der Waals surface area contributed by atoms with Crippen molar-refractivity contribution in [2.24, 2.45) is 0 Å². The van der Waals surface area contributed by atoms with Gasteiger partial charge in [-0.15, -0.1) is 11.6 Å². The molecular formula is C14H10ClF3N2OS. The summed E-state index contributed by atoms with van der Waals surface area (Å²) in [5.41, 5.74) is -0.368. The second-order valence-corrected chi connectivity index (χ2v) is 5.46. The Balaban J connectivity index is 2.35. The Hall–Kier alpha value is -1.78. The summed E-state index contributed by atoms with van der Waals surface area (Å²) in [4.78, 5) is 3.44. The molecule has 2 heterocycles. The van der Waals surface area contributed by atoms with Gasteiger partial charge in [-0.1, -0.05) is 0 Å². The first-order chi connectivity index (χ1) is 10.5. The van der Waals surface area contributed by atoms with E-state index < -0.39 is 18.0 Å². The van der Waals surface area contributed by atoms with Crippen molar-refractivity contribution in [2.75, 3.05) is 5.88 Å². The maximum atomic E-state index is 12.7. The summed E-state index contributed by atoms with van der Waals surface area (Å²) >= 11 is 7.15. The first-order valence-electron chi connectivity index (χ1n) is 6.18. The number of ether oxygens (including phenoxy) is 1. The van der Waals surface area contributed by atoms with Crippen molar-refractivity contribution in [3.8, 4) is 11.9 Å². The van der Waals surface area contributed by atoms with Crippen LogP contribution >= 0.6 is 22.9 Å². The first-order valence-corrected chi connectivity index (χ1v) is 7.66. The van der Waals surface area contributed by atoms with Crippen molar-refractivity contribution >= 4 is 22.9 Å². The fraction of sp³-hybridized carbons (Fsp3) is 0.286. The number of pyridine rings is 1. The maximum Gasteiger partial charge on any atom is 0.433 e. The number of thiophene rings is 1. The number of nitrogens with zero attached hydrogens (tertiary/aromatic N) is 2. The molecule has 0 spiro atoms. The predicted molar refractivity (Wildman–Crippen MR) is 77.0 cm³/mol. The molecule has 3 nitrogen and oxygen atoms in total. The molecule has 2 rings (SSSR count). The van der Waals surface area contributed by atoms with E-state index in [1.807, 2.05) is 10.8 Å². The van der Waals surface area contributed by atoms with E-state index in [0.717, 1.165) is 17.7 Å². The number of halogens is 4. The molecule has 22 heavy (non-hydrogen) atoms. The SMILES string of the molecule is N#Cc1ccc(C(F)(F)F)nc1O[C@H](CCCl)c1ccsc1. The van der Waals surface area contributed by atoms with E-state index in [1.165, 1.54) is 11.3 Å². The van der Waals surface area contributed by atoms with E-state index in [9.17, 15) is 13.2 Å². The van der Waals surface area contributed by atoms with Crippen LogP contribution < -0.4 is 4.74 Å². The summed E-state index contributed by atoms with van der Waals surface area (Å²) in [6.45, 7) is 0. The van der Waals surface area contributed by atoms with Gasteiger partial charge in [-0.05, 0) is 29.0 Å². The van der Waals surface area contributed by atoms with Gasteiger partial charge in [0.15, 0.2) is 0 Å². The average Bonchev–Trinajstić information content (AvgIpc) is 3.00. The van der Waals surface area contributed by atoms with Gasteiger partial charge in [-0.25, -0.2) is 4.98 Å². The molecule has 8 heteroatoms. The van der Waals surface area contributed by atoms with Crippen molar-refractivity contribution in [1.29, 1.82) is 5.26 Å². The molecule has 2 aromatic heterocycles. The van der Waals surface area contributed by atoms with Crippen LogP contribution in [0.2, 0.25) is 0 Å². The molecule has 0 saturated carbocycles. The third-order valence-corrected chi connectivity index (χ3v) is 3.73. The van der Waals surface area contributed by atoms with Crippen LogP contribution in [0.3, 0.4) is 0 Å². The number of aromatic nitrogens is 1. The number of nitriles is 1. The highest BCUT2D eigenvalue weighted by atomic mass is 35.5. The third kappa shape index (κ3) is 3.90. The smallest absolute Gasteiger partial charge is 0.433 e. The molecule has 116 valence electrons. The van der Waals surface area contributed by atoms with Gasteiger partial charge < -0.3 is 4.74 Å². The van der Waals surface area contributed by atoms with Gasteiger partial charge >= 0.3 is 6.18 Å². The lowest BCUT2D eigenvalue weighted by atomic mass is 10.1. The van der Waals surface area contributed by atoms with Gasteiger partial charge in [-0.3, -0.25) is 0 Å². The van der Waals surface area contributed by atoms with Crippen LogP contribution in [-0.2, 0) is 6.18 Å². The molecule has 0 radical (unpaired) electrons. The van der Waals surface area contributed by atoms with E-state index in [2.05, 4.69) is 4.98 Å². The lowest BCUT2D eigenvalue weighted by molar-refractivity contribution is -0.141. The Bertz CT molecular complexity index is 668. The van der Waals surface area contributed by atoms with Crippen LogP contribution in [0.4, 0.5) is 13.2 Å². The van der Waals surface area contributed by atoms with Crippen molar-refractivity contribution in [3.63, 3.8) is 0 Å². The van der Waals surface area contributed by atoms with E-state index in [4.69, 9.17) is 21.6 Å². The minimum absolute atomic E-state index is 0.0530. The van der Waals surface area contributed by atoms with Crippen LogP contribution in [-0.4, -0.2) is 10.9 Å². The fourth-order valence-corrected chi connectivity index (χ4v) is 2.66. The van der Waals surface area contributed by atoms with Crippen LogP contribution in [0.5, 0.6) is 5.88 Å². The van der Waals surface area contributed by atoms with Gasteiger partial charge in [0, 0.05) is 17.9 Å². The highest BCUT2D eigenvalue weighted by molar-refractivity contribution is 7.07. The van der Waals surface area contributed by atoms with E-state index in [-0.39, 0.29) is 17.3 Å². The summed E-state index contributed by atoms with van der Waals surface area (Å²) in [5.74, 6) is -0.0694. The molecule has 0 N–H and O–H groups in total. The first kappa shape index (κ1) is 16.6. The summed E-state index contributed by atoms with van der Waals surface area (Å²) < 4.78 is 43.8. The molecule has 0 aliphatic rings. The van der Waals surface area contributed by atoms with Crippen LogP contribution in [0.15, 0.2) is 29.0 Å². The average molecular weight is 347 g/mol. The summed E-state index contributed by atoms with van der Waals surface area (Å²) in [5, 5.41) is 12.7. The molecule has 0 fully saturated rings. The molecule has 0 aromatic carbocycles. The third-order valence-electron chi connectivity index (χ3n) is 2.81. The highest BCUT2D eigenvalue weighted by Gasteiger charge is 2.33. The van der Waals surface area contributed by atoms with Crippen molar-refractivity contribution < 1.29 is 17.9 Å². The molecule has 0 bridgehead atoms. The maximum absolute atomic E-state index is 12.7. The summed E-state index contributed by atoms with van der Waals surface area (Å²) in [7, 11) is 0. The number of hydrogen-bond donors (Lipinski definition) is 0. The standard InChI is InChI=1S/C14H10ClF3N2OS/c15-5-3-11(10-4-6-22-8-10)21-13-9(7-19)1-2-12(20-13)14(16,17)18/h1-2,4,6,8,11H,3,5H2/t11-/m1/s1. The quantitative estimate of drug-likeness (QED) is 0.732. The van der Waals surface area contributed by atoms with Crippen LogP contribution in [0.1, 0.15) is 29.3 Å². The second-order valence-electron chi connectivity index (χ2n) is 4.30. The van der Waals surface area contributed by atoms with Gasteiger partial charge in [0.05, 0.1) is 0 Å². The molecule has 1 atom stereocenters. The van der Waals surface area contributed by atoms with E-state index in [0.29, 0.717) is 6.42 Å². The molecule has 0 saturated heterocycles. The second kappa shape index (κ2) is 6.99. The largest absolute Gasteiger partial charge is 0.468 e. The number of alkyl halides is 4. The monoisotopic (exact) mass is 346 g/mol. The Labute approximate surface area is 133 Å². The Kier molecular flexibility index (Phi) is 5.27. The lowest BCUT2D eigenvalue weighted by Gasteiger charge is -2.18. The molecular weight excluding hydrogens is 337 g/mol. The highest BCUT2D eigenvalue weighted by Crippen LogP contribution is 2.32. The minimum atomic E-state index is -4.60. The van der Waals surface area contributed by atoms with Crippen LogP contribution in [0, 0.1) is 11.3 Å². The normalized spacial score (nSPS) is 12.7. The minimum Gasteiger partial charge on any atom is -0.468 e. The lowest BCUT2D eigenvalue weighted by Crippen LogP contribution is -2.13. The topological polar surface area (TPSA) is 45.9 Å². The Morgan fingerprint density at radius 3 is 2.68 bits per heavy atom. The van der Waals surface area contributed by atoms with Gasteiger partial charge in [0.1, 0.15) is 23.4 Å². The fourth-order valence-electron chi connectivity index (χ4n) is 1.76. The molecule has 0 amide bonds. The zero-order valence-electron chi connectivity index (χ0n) is 11.1. The number of rotatable bonds is 5. The van der Waals surface area contributed by atoms with Gasteiger partial charge in [0.25, 0.3) is 0 Å². The zero-order valence-corrected chi connectivity index (χ0v) is 12.7. The van der Waals surface area contributed by atoms with Crippen molar-refractivity contribution in [3.05, 3.63) is 45.8 Å². The Morgan fingerprint density at radius 2 is 2.14 bits per heavy atom.